The number of fused-ring (bicyclic) bond motifs is 1. The van der Waals surface area contributed by atoms with Crippen LogP contribution in [0.5, 0.6) is 11.5 Å². The zero-order chi connectivity index (χ0) is 24.4. The van der Waals surface area contributed by atoms with Crippen molar-refractivity contribution in [2.45, 2.75) is 44.6 Å². The summed E-state index contributed by atoms with van der Waals surface area (Å²) in [6.45, 7) is 4.32. The first-order valence-corrected chi connectivity index (χ1v) is 12.8. The van der Waals surface area contributed by atoms with Crippen LogP contribution >= 0.6 is 15.9 Å². The molecular weight excluding hydrogens is 512 g/mol. The number of aromatic nitrogens is 3. The van der Waals surface area contributed by atoms with Gasteiger partial charge in [-0.15, -0.1) is 5.10 Å². The molecule has 8 nitrogen and oxygen atoms in total. The quantitative estimate of drug-likeness (QED) is 0.539. The van der Waals surface area contributed by atoms with Gasteiger partial charge in [0, 0.05) is 24.0 Å². The number of ether oxygens (including phenoxy) is 2. The van der Waals surface area contributed by atoms with Crippen LogP contribution < -0.4 is 9.47 Å². The molecule has 9 heteroatoms. The molecule has 0 saturated carbocycles. The molecule has 1 atom stereocenters. The summed E-state index contributed by atoms with van der Waals surface area (Å²) in [5.41, 5.74) is 2.28. The molecule has 5 rings (SSSR count). The van der Waals surface area contributed by atoms with E-state index in [1.165, 1.54) is 0 Å². The SMILES string of the molecule is Cc1cc(Br)ccc1-n1cc(C2(O)CCCN(C(=O)Cc3ccc4c(c3)OCCCO4)CC2)nn1. The lowest BCUT2D eigenvalue weighted by Gasteiger charge is -2.24. The average molecular weight is 541 g/mol. The maximum Gasteiger partial charge on any atom is 0.226 e. The predicted octanol–water partition coefficient (Wildman–Crippen LogP) is 3.94. The number of aryl methyl sites for hydroxylation is 1. The molecule has 184 valence electrons. The Morgan fingerprint density at radius 2 is 1.91 bits per heavy atom. The molecule has 35 heavy (non-hydrogen) atoms. The number of hydrogen-bond acceptors (Lipinski definition) is 6. The summed E-state index contributed by atoms with van der Waals surface area (Å²) in [6.07, 6.45) is 4.56. The average Bonchev–Trinajstić information content (AvgIpc) is 3.09. The lowest BCUT2D eigenvalue weighted by Crippen LogP contribution is -2.34. The van der Waals surface area contributed by atoms with Crippen LogP contribution in [0.15, 0.2) is 47.1 Å². The highest BCUT2D eigenvalue weighted by Crippen LogP contribution is 2.33. The van der Waals surface area contributed by atoms with Crippen LogP contribution in [0.25, 0.3) is 5.69 Å². The summed E-state index contributed by atoms with van der Waals surface area (Å²) in [6, 6.07) is 11.6. The van der Waals surface area contributed by atoms with Crippen molar-refractivity contribution >= 4 is 21.8 Å². The molecule has 2 aliphatic rings. The molecule has 0 radical (unpaired) electrons. The van der Waals surface area contributed by atoms with Gasteiger partial charge < -0.3 is 19.5 Å². The minimum absolute atomic E-state index is 0.0397. The molecule has 1 N–H and O–H groups in total. The van der Waals surface area contributed by atoms with E-state index >= 15 is 0 Å². The number of carbonyl (C=O) groups excluding carboxylic acids is 1. The van der Waals surface area contributed by atoms with Crippen LogP contribution in [-0.2, 0) is 16.8 Å². The number of nitrogens with zero attached hydrogens (tertiary/aromatic N) is 4. The molecule has 1 amide bonds. The number of hydrogen-bond donors (Lipinski definition) is 1. The largest absolute Gasteiger partial charge is 0.490 e. The first kappa shape index (κ1) is 23.8. The zero-order valence-electron chi connectivity index (χ0n) is 19.7. The number of benzene rings is 2. The molecule has 1 aromatic heterocycles. The van der Waals surface area contributed by atoms with Crippen molar-refractivity contribution in [2.75, 3.05) is 26.3 Å². The Bertz CT molecular complexity index is 1230. The van der Waals surface area contributed by atoms with Crippen LogP contribution in [-0.4, -0.2) is 57.2 Å². The monoisotopic (exact) mass is 540 g/mol. The number of amides is 1. The van der Waals surface area contributed by atoms with Crippen molar-refractivity contribution < 1.29 is 19.4 Å². The summed E-state index contributed by atoms with van der Waals surface area (Å²) >= 11 is 3.48. The van der Waals surface area contributed by atoms with E-state index in [2.05, 4.69) is 26.2 Å². The fourth-order valence-corrected chi connectivity index (χ4v) is 5.17. The molecule has 0 aliphatic carbocycles. The van der Waals surface area contributed by atoms with Gasteiger partial charge >= 0.3 is 0 Å². The van der Waals surface area contributed by atoms with Gasteiger partial charge in [0.1, 0.15) is 11.3 Å². The van der Waals surface area contributed by atoms with E-state index < -0.39 is 5.60 Å². The van der Waals surface area contributed by atoms with Crippen molar-refractivity contribution in [3.8, 4) is 17.2 Å². The summed E-state index contributed by atoms with van der Waals surface area (Å²) < 4.78 is 14.1. The molecule has 0 spiro atoms. The summed E-state index contributed by atoms with van der Waals surface area (Å²) in [4.78, 5) is 14.9. The second-order valence-electron chi connectivity index (χ2n) is 9.25. The topological polar surface area (TPSA) is 89.7 Å². The van der Waals surface area contributed by atoms with E-state index in [1.54, 1.807) is 10.9 Å². The Labute approximate surface area is 213 Å². The third-order valence-electron chi connectivity index (χ3n) is 6.71. The van der Waals surface area contributed by atoms with E-state index in [9.17, 15) is 9.90 Å². The highest BCUT2D eigenvalue weighted by atomic mass is 79.9. The number of halogens is 1. The second kappa shape index (κ2) is 9.99. The van der Waals surface area contributed by atoms with Gasteiger partial charge in [-0.05, 0) is 67.6 Å². The van der Waals surface area contributed by atoms with Crippen LogP contribution in [0.3, 0.4) is 0 Å². The zero-order valence-corrected chi connectivity index (χ0v) is 21.3. The predicted molar refractivity (Wildman–Crippen MR) is 134 cm³/mol. The first-order valence-electron chi connectivity index (χ1n) is 12.0. The molecule has 3 aromatic rings. The third kappa shape index (κ3) is 5.21. The van der Waals surface area contributed by atoms with Crippen LogP contribution in [0.2, 0.25) is 0 Å². The number of rotatable bonds is 4. The van der Waals surface area contributed by atoms with E-state index in [4.69, 9.17) is 9.47 Å². The molecule has 3 heterocycles. The highest BCUT2D eigenvalue weighted by Gasteiger charge is 2.36. The normalized spacial score (nSPS) is 20.3. The summed E-state index contributed by atoms with van der Waals surface area (Å²) in [7, 11) is 0. The minimum Gasteiger partial charge on any atom is -0.490 e. The smallest absolute Gasteiger partial charge is 0.226 e. The lowest BCUT2D eigenvalue weighted by atomic mass is 9.92. The Kier molecular flexibility index (Phi) is 6.80. The molecule has 1 fully saturated rings. The Morgan fingerprint density at radius 1 is 1.09 bits per heavy atom. The van der Waals surface area contributed by atoms with Crippen LogP contribution in [0.4, 0.5) is 0 Å². The van der Waals surface area contributed by atoms with Crippen LogP contribution in [0.1, 0.15) is 42.5 Å². The molecule has 1 saturated heterocycles. The summed E-state index contributed by atoms with van der Waals surface area (Å²) in [5.74, 6) is 1.46. The van der Waals surface area contributed by atoms with Crippen molar-refractivity contribution in [1.82, 2.24) is 19.9 Å². The molecule has 0 bridgehead atoms. The van der Waals surface area contributed by atoms with Crippen molar-refractivity contribution in [3.05, 3.63) is 63.9 Å². The standard InChI is InChI=1S/C26H29BrN4O4/c1-18-14-20(27)5-6-21(18)31-17-24(28-29-31)26(33)8-2-10-30(11-9-26)25(32)16-19-4-7-22-23(15-19)35-13-3-12-34-22/h4-7,14-15,17,33H,2-3,8-13,16H2,1H3. The van der Waals surface area contributed by atoms with Gasteiger partial charge in [-0.2, -0.15) is 0 Å². The van der Waals surface area contributed by atoms with E-state index in [1.807, 2.05) is 48.2 Å². The third-order valence-corrected chi connectivity index (χ3v) is 7.20. The van der Waals surface area contributed by atoms with E-state index in [0.29, 0.717) is 57.0 Å². The van der Waals surface area contributed by atoms with Gasteiger partial charge in [0.05, 0.1) is 31.5 Å². The molecule has 2 aliphatic heterocycles. The highest BCUT2D eigenvalue weighted by molar-refractivity contribution is 9.10. The molecule has 1 unspecified atom stereocenters. The van der Waals surface area contributed by atoms with Gasteiger partial charge in [-0.3, -0.25) is 4.79 Å². The Balaban J connectivity index is 1.25. The van der Waals surface area contributed by atoms with E-state index in [-0.39, 0.29) is 12.3 Å². The second-order valence-corrected chi connectivity index (χ2v) is 10.2. The number of likely N-dealkylation sites (tertiary alicyclic amines) is 1. The van der Waals surface area contributed by atoms with Crippen LogP contribution in [0, 0.1) is 6.92 Å². The van der Waals surface area contributed by atoms with Gasteiger partial charge in [0.2, 0.25) is 5.91 Å². The lowest BCUT2D eigenvalue weighted by molar-refractivity contribution is -0.130. The van der Waals surface area contributed by atoms with E-state index in [0.717, 1.165) is 33.5 Å². The first-order chi connectivity index (χ1) is 16.9. The number of carbonyl (C=O) groups is 1. The van der Waals surface area contributed by atoms with Crippen molar-refractivity contribution in [2.24, 2.45) is 0 Å². The fourth-order valence-electron chi connectivity index (χ4n) is 4.70. The van der Waals surface area contributed by atoms with Gasteiger partial charge in [-0.1, -0.05) is 27.2 Å². The number of aliphatic hydroxyl groups is 1. The van der Waals surface area contributed by atoms with Gasteiger partial charge in [0.15, 0.2) is 11.5 Å². The van der Waals surface area contributed by atoms with Gasteiger partial charge in [0.25, 0.3) is 0 Å². The Morgan fingerprint density at radius 3 is 2.74 bits per heavy atom. The van der Waals surface area contributed by atoms with Gasteiger partial charge in [-0.25, -0.2) is 4.68 Å². The fraction of sp³-hybridized carbons (Fsp3) is 0.423. The maximum atomic E-state index is 13.1. The minimum atomic E-state index is -1.12. The summed E-state index contributed by atoms with van der Waals surface area (Å²) in [5, 5.41) is 20.0. The maximum absolute atomic E-state index is 13.1. The molecular formula is C26H29BrN4O4. The van der Waals surface area contributed by atoms with Crippen molar-refractivity contribution in [3.63, 3.8) is 0 Å². The van der Waals surface area contributed by atoms with Crippen molar-refractivity contribution in [1.29, 1.82) is 0 Å². The molecule has 2 aromatic carbocycles. The Hall–Kier alpha value is -2.91.